The summed E-state index contributed by atoms with van der Waals surface area (Å²) in [7, 11) is 1.68. The summed E-state index contributed by atoms with van der Waals surface area (Å²) in [4.78, 5) is 6.02. The third kappa shape index (κ3) is 5.74. The third-order valence-corrected chi connectivity index (χ3v) is 6.15. The number of nitrogens with zero attached hydrogens (tertiary/aromatic N) is 2. The van der Waals surface area contributed by atoms with Gasteiger partial charge in [-0.15, -0.1) is 5.92 Å². The molecule has 3 rings (SSSR count). The summed E-state index contributed by atoms with van der Waals surface area (Å²) in [5.74, 6) is 3.81. The number of hydrogen-bond donors (Lipinski definition) is 1. The van der Waals surface area contributed by atoms with Gasteiger partial charge in [0, 0.05) is 23.4 Å². The maximum atomic E-state index is 14.0. The molecule has 0 bridgehead atoms. The Morgan fingerprint density at radius 3 is 2.51 bits per heavy atom. The van der Waals surface area contributed by atoms with E-state index in [2.05, 4.69) is 35.4 Å². The molecule has 0 aliphatic carbocycles. The minimum Gasteiger partial charge on any atom is -0.410 e. The van der Waals surface area contributed by atoms with Gasteiger partial charge in [-0.1, -0.05) is 15.3 Å². The van der Waals surface area contributed by atoms with E-state index in [4.69, 9.17) is 24.9 Å². The van der Waals surface area contributed by atoms with E-state index in [1.807, 2.05) is 0 Å². The number of aromatic amines is 1. The predicted molar refractivity (Wildman–Crippen MR) is 118 cm³/mol. The number of alkyl halides is 6. The Labute approximate surface area is 204 Å². The van der Waals surface area contributed by atoms with E-state index in [9.17, 15) is 34.8 Å². The predicted octanol–water partition coefficient (Wildman–Crippen LogP) is 4.25. The molecule has 1 aromatic heterocycles. The fourth-order valence-corrected chi connectivity index (χ4v) is 4.09. The van der Waals surface area contributed by atoms with Crippen molar-refractivity contribution in [3.8, 4) is 17.7 Å². The molecular formula is C18H13BF6N3O4PS2. The molecule has 35 heavy (non-hydrogen) atoms. The van der Waals surface area contributed by atoms with Crippen molar-refractivity contribution < 1.29 is 43.7 Å². The SMILES string of the molecule is [B]N(P)c1cc(C#CC)c(C(F)(F)F)c(C2Cc3[nH]c(=S)nc(OS(=O)(=O)C(F)(F)F)c3CO2)c1. The second-order valence-corrected chi connectivity index (χ2v) is 9.51. The van der Waals surface area contributed by atoms with Crippen LogP contribution in [0.2, 0.25) is 0 Å². The molecule has 2 radical (unpaired) electrons. The molecule has 2 atom stereocenters. The van der Waals surface area contributed by atoms with Gasteiger partial charge in [-0.3, -0.25) is 0 Å². The molecule has 186 valence electrons. The maximum absolute atomic E-state index is 14.0. The summed E-state index contributed by atoms with van der Waals surface area (Å²) in [6.45, 7) is 0.718. The van der Waals surface area contributed by atoms with Gasteiger partial charge in [-0.05, 0) is 36.8 Å². The number of rotatable bonds is 4. The molecule has 1 aromatic carbocycles. The summed E-state index contributed by atoms with van der Waals surface area (Å²) in [6, 6.07) is 2.27. The molecule has 2 aromatic rings. The number of ether oxygens (including phenoxy) is 1. The zero-order chi connectivity index (χ0) is 26.3. The Kier molecular flexibility index (Phi) is 7.48. The van der Waals surface area contributed by atoms with Crippen LogP contribution >= 0.6 is 21.6 Å². The average molecular weight is 555 g/mol. The monoisotopic (exact) mass is 555 g/mol. The van der Waals surface area contributed by atoms with Crippen molar-refractivity contribution in [2.75, 3.05) is 4.58 Å². The number of H-pyrrole nitrogens is 1. The minimum atomic E-state index is -6.08. The highest BCUT2D eigenvalue weighted by atomic mass is 32.2. The van der Waals surface area contributed by atoms with E-state index in [0.717, 1.165) is 16.7 Å². The minimum absolute atomic E-state index is 0.00856. The Morgan fingerprint density at radius 2 is 1.97 bits per heavy atom. The molecule has 1 aliphatic heterocycles. The van der Waals surface area contributed by atoms with Gasteiger partial charge >= 0.3 is 21.8 Å². The largest absolute Gasteiger partial charge is 0.534 e. The average Bonchev–Trinajstić information content (AvgIpc) is 2.70. The first-order valence-electron chi connectivity index (χ1n) is 9.27. The summed E-state index contributed by atoms with van der Waals surface area (Å²) < 4.78 is 113. The molecule has 7 nitrogen and oxygen atoms in total. The smallest absolute Gasteiger partial charge is 0.410 e. The van der Waals surface area contributed by atoms with E-state index in [0.29, 0.717) is 0 Å². The van der Waals surface area contributed by atoms with Crippen molar-refractivity contribution in [3.63, 3.8) is 0 Å². The van der Waals surface area contributed by atoms with Crippen molar-refractivity contribution in [3.05, 3.63) is 44.9 Å². The first kappa shape index (κ1) is 27.3. The van der Waals surface area contributed by atoms with E-state index in [1.165, 1.54) is 6.92 Å². The molecule has 1 N–H and O–H groups in total. The Balaban J connectivity index is 2.14. The fraction of sp³-hybridized carbons (Fsp3) is 0.333. The van der Waals surface area contributed by atoms with Crippen LogP contribution in [0.25, 0.3) is 0 Å². The van der Waals surface area contributed by atoms with Gasteiger partial charge in [0.25, 0.3) is 0 Å². The lowest BCUT2D eigenvalue weighted by atomic mass is 9.91. The van der Waals surface area contributed by atoms with Crippen LogP contribution in [-0.4, -0.2) is 31.9 Å². The number of nitrogens with one attached hydrogen (secondary N) is 1. The van der Waals surface area contributed by atoms with Gasteiger partial charge in [0.15, 0.2) is 4.77 Å². The van der Waals surface area contributed by atoms with Crippen LogP contribution in [0.3, 0.4) is 0 Å². The van der Waals surface area contributed by atoms with E-state index < -0.39 is 50.7 Å². The molecule has 17 heteroatoms. The zero-order valence-corrected chi connectivity index (χ0v) is 20.2. The van der Waals surface area contributed by atoms with Gasteiger partial charge in [-0.2, -0.15) is 39.7 Å². The second-order valence-electron chi connectivity index (χ2n) is 7.03. The lowest BCUT2D eigenvalue weighted by Crippen LogP contribution is -2.30. The number of benzene rings is 1. The van der Waals surface area contributed by atoms with E-state index in [1.54, 1.807) is 0 Å². The number of hydrogen-bond acceptors (Lipinski definition) is 7. The number of aromatic nitrogens is 2. The maximum Gasteiger partial charge on any atom is 0.534 e. The summed E-state index contributed by atoms with van der Waals surface area (Å²) in [5, 5.41) is 0. The first-order valence-corrected chi connectivity index (χ1v) is 11.6. The normalized spacial score (nSPS) is 16.2. The molecular weight excluding hydrogens is 542 g/mol. The number of fused-ring (bicyclic) bond motifs is 1. The molecule has 2 heterocycles. The van der Waals surface area contributed by atoms with E-state index >= 15 is 0 Å². The molecule has 0 saturated heterocycles. The van der Waals surface area contributed by atoms with Crippen molar-refractivity contribution >= 4 is 45.4 Å². The Morgan fingerprint density at radius 1 is 1.31 bits per heavy atom. The lowest BCUT2D eigenvalue weighted by molar-refractivity contribution is -0.140. The molecule has 0 amide bonds. The Bertz CT molecular complexity index is 1380. The van der Waals surface area contributed by atoms with Crippen LogP contribution in [0.1, 0.15) is 41.0 Å². The van der Waals surface area contributed by atoms with Crippen LogP contribution in [0.4, 0.5) is 32.0 Å². The van der Waals surface area contributed by atoms with Crippen molar-refractivity contribution in [2.45, 2.75) is 37.7 Å². The molecule has 1 aliphatic rings. The highest BCUT2D eigenvalue weighted by molar-refractivity contribution is 7.88. The van der Waals surface area contributed by atoms with Crippen LogP contribution in [0, 0.1) is 16.6 Å². The molecule has 0 fully saturated rings. The third-order valence-electron chi connectivity index (χ3n) is 4.72. The van der Waals surface area contributed by atoms with Crippen LogP contribution in [0.15, 0.2) is 12.1 Å². The summed E-state index contributed by atoms with van der Waals surface area (Å²) in [5.41, 5.74) is -7.65. The first-order chi connectivity index (χ1) is 16.0. The number of halogens is 6. The molecule has 2 unspecified atom stereocenters. The van der Waals surface area contributed by atoms with Crippen LogP contribution in [0.5, 0.6) is 5.88 Å². The molecule has 0 saturated carbocycles. The zero-order valence-electron chi connectivity index (χ0n) is 17.4. The second kappa shape index (κ2) is 9.61. The van der Waals surface area contributed by atoms with Crippen LogP contribution < -0.4 is 8.76 Å². The van der Waals surface area contributed by atoms with Gasteiger partial charge in [-0.25, -0.2) is 0 Å². The van der Waals surface area contributed by atoms with Crippen molar-refractivity contribution in [1.29, 1.82) is 0 Å². The van der Waals surface area contributed by atoms with E-state index in [-0.39, 0.29) is 34.5 Å². The van der Waals surface area contributed by atoms with Crippen molar-refractivity contribution in [2.24, 2.45) is 0 Å². The van der Waals surface area contributed by atoms with Crippen LogP contribution in [-0.2, 0) is 34.1 Å². The van der Waals surface area contributed by atoms with Gasteiger partial charge in [0.2, 0.25) is 13.9 Å². The van der Waals surface area contributed by atoms with Gasteiger partial charge < -0.3 is 18.5 Å². The highest BCUT2D eigenvalue weighted by Gasteiger charge is 2.49. The van der Waals surface area contributed by atoms with Gasteiger partial charge in [0.1, 0.15) is 0 Å². The molecule has 0 spiro atoms. The summed E-state index contributed by atoms with van der Waals surface area (Å²) >= 11 is 4.83. The van der Waals surface area contributed by atoms with Crippen molar-refractivity contribution in [1.82, 2.24) is 9.97 Å². The lowest BCUT2D eigenvalue weighted by Gasteiger charge is -2.29. The quantitative estimate of drug-likeness (QED) is 0.115. The summed E-state index contributed by atoms with van der Waals surface area (Å²) in [6.07, 6.45) is -6.50. The Hall–Kier alpha value is -2.34. The fourth-order valence-electron chi connectivity index (χ4n) is 3.29. The highest BCUT2D eigenvalue weighted by Crippen LogP contribution is 2.43. The standard InChI is InChI=1S/C18H13BF6N3O4PS2/c1-2-3-8-4-9(28(19)33)5-10(14(8)17(20,21)22)13-6-12-11(7-31-13)15(27-16(34)26-12)32-35(29,30)18(23,24)25/h4-5,13H,6-7,33H2,1H3,(H,26,27,34). The van der Waals surface area contributed by atoms with Gasteiger partial charge in [0.05, 0.1) is 23.8 Å². The topological polar surface area (TPSA) is 84.5 Å². The number of anilines is 1.